The van der Waals surface area contributed by atoms with Gasteiger partial charge in [0.1, 0.15) is 17.0 Å². The first kappa shape index (κ1) is 18.6. The van der Waals surface area contributed by atoms with E-state index in [0.717, 1.165) is 55.5 Å². The predicted molar refractivity (Wildman–Crippen MR) is 131 cm³/mol. The van der Waals surface area contributed by atoms with E-state index in [4.69, 9.17) is 14.8 Å². The van der Waals surface area contributed by atoms with E-state index in [1.54, 1.807) is 0 Å². The number of imidazole rings is 1. The number of furan rings is 1. The van der Waals surface area contributed by atoms with Gasteiger partial charge in [-0.15, -0.1) is 0 Å². The van der Waals surface area contributed by atoms with Gasteiger partial charge in [-0.1, -0.05) is 48.5 Å². The molecule has 2 aromatic heterocycles. The van der Waals surface area contributed by atoms with E-state index < -0.39 is 0 Å². The van der Waals surface area contributed by atoms with Crippen molar-refractivity contribution in [1.82, 2.24) is 9.55 Å². The maximum Gasteiger partial charge on any atom is 0.143 e. The summed E-state index contributed by atoms with van der Waals surface area (Å²) < 4.78 is 8.39. The molecule has 6 rings (SSSR count). The number of aryl methyl sites for hydroxylation is 1. The largest absolute Gasteiger partial charge is 0.455 e. The summed E-state index contributed by atoms with van der Waals surface area (Å²) in [5.41, 5.74) is 8.15. The fraction of sp³-hybridized carbons (Fsp3) is 0.0714. The summed E-state index contributed by atoms with van der Waals surface area (Å²) in [6, 6.07) is 29.1. The van der Waals surface area contributed by atoms with Crippen molar-refractivity contribution in [2.45, 2.75) is 13.5 Å². The second-order valence-electron chi connectivity index (χ2n) is 8.11. The monoisotopic (exact) mass is 415 g/mol. The van der Waals surface area contributed by atoms with Crippen LogP contribution >= 0.6 is 0 Å². The van der Waals surface area contributed by atoms with E-state index in [1.807, 2.05) is 36.4 Å². The van der Waals surface area contributed by atoms with Crippen LogP contribution in [0.4, 0.5) is 0 Å². The Morgan fingerprint density at radius 2 is 1.69 bits per heavy atom. The van der Waals surface area contributed by atoms with Crippen molar-refractivity contribution in [3.63, 3.8) is 0 Å². The molecule has 6 aromatic rings. The Labute approximate surface area is 185 Å². The molecule has 0 saturated heterocycles. The molecule has 4 nitrogen and oxygen atoms in total. The van der Waals surface area contributed by atoms with Crippen LogP contribution in [0.15, 0.2) is 89.3 Å². The van der Waals surface area contributed by atoms with Crippen LogP contribution in [0.25, 0.3) is 55.5 Å². The van der Waals surface area contributed by atoms with Crippen molar-refractivity contribution in [3.05, 3.63) is 90.5 Å². The molecule has 4 heteroatoms. The summed E-state index contributed by atoms with van der Waals surface area (Å²) in [5.74, 6) is 0.866. The molecule has 0 fully saturated rings. The van der Waals surface area contributed by atoms with Crippen LogP contribution in [0, 0.1) is 12.3 Å². The lowest BCUT2D eigenvalue weighted by Gasteiger charge is -2.09. The average molecular weight is 415 g/mol. The van der Waals surface area contributed by atoms with Crippen LogP contribution in [0.1, 0.15) is 5.56 Å². The summed E-state index contributed by atoms with van der Waals surface area (Å²) in [7, 11) is 0. The van der Waals surface area contributed by atoms with Gasteiger partial charge in [0.2, 0.25) is 0 Å². The van der Waals surface area contributed by atoms with E-state index in [1.165, 1.54) is 11.8 Å². The Bertz CT molecular complexity index is 1640. The van der Waals surface area contributed by atoms with Crippen molar-refractivity contribution >= 4 is 39.2 Å². The fourth-order valence-electron chi connectivity index (χ4n) is 4.58. The average Bonchev–Trinajstić information content (AvgIpc) is 3.38. The number of rotatable bonds is 4. The highest BCUT2D eigenvalue weighted by Gasteiger charge is 2.16. The van der Waals surface area contributed by atoms with Crippen molar-refractivity contribution in [1.29, 1.82) is 5.41 Å². The molecule has 0 aliphatic carbocycles. The highest BCUT2D eigenvalue weighted by molar-refractivity contribution is 6.10. The van der Waals surface area contributed by atoms with Crippen LogP contribution in [0.3, 0.4) is 0 Å². The number of aromatic nitrogens is 2. The van der Waals surface area contributed by atoms with Gasteiger partial charge in [0.05, 0.1) is 17.6 Å². The van der Waals surface area contributed by atoms with Crippen molar-refractivity contribution in [2.75, 3.05) is 0 Å². The Morgan fingerprint density at radius 3 is 2.59 bits per heavy atom. The third kappa shape index (κ3) is 2.84. The first-order valence-corrected chi connectivity index (χ1v) is 10.7. The molecule has 32 heavy (non-hydrogen) atoms. The highest BCUT2D eigenvalue weighted by atomic mass is 16.3. The lowest BCUT2D eigenvalue weighted by molar-refractivity contribution is 0.670. The molecule has 0 aliphatic heterocycles. The fourth-order valence-corrected chi connectivity index (χ4v) is 4.58. The lowest BCUT2D eigenvalue weighted by atomic mass is 9.98. The van der Waals surface area contributed by atoms with Crippen LogP contribution in [-0.2, 0) is 6.54 Å². The third-order valence-corrected chi connectivity index (χ3v) is 5.98. The van der Waals surface area contributed by atoms with Crippen LogP contribution in [-0.4, -0.2) is 15.8 Å². The maximum atomic E-state index is 7.67. The molecule has 0 spiro atoms. The number of nitrogens with zero attached hydrogens (tertiary/aromatic N) is 2. The summed E-state index contributed by atoms with van der Waals surface area (Å²) >= 11 is 0. The van der Waals surface area contributed by atoms with Gasteiger partial charge < -0.3 is 14.4 Å². The Hall–Kier alpha value is -4.18. The highest BCUT2D eigenvalue weighted by Crippen LogP contribution is 2.38. The Morgan fingerprint density at radius 1 is 0.875 bits per heavy atom. The van der Waals surface area contributed by atoms with Gasteiger partial charge in [-0.25, -0.2) is 4.98 Å². The number of nitrogens with one attached hydrogen (secondary N) is 1. The molecule has 154 valence electrons. The zero-order chi connectivity index (χ0) is 21.7. The number of benzene rings is 4. The van der Waals surface area contributed by atoms with Gasteiger partial charge >= 0.3 is 0 Å². The van der Waals surface area contributed by atoms with Crippen LogP contribution in [0.5, 0.6) is 0 Å². The second kappa shape index (κ2) is 7.20. The minimum atomic E-state index is 0.484. The molecule has 1 N–H and O–H groups in total. The molecular weight excluding hydrogens is 394 g/mol. The standard InChI is InChI=1S/C28H21N3O/c1-18-15-22(27-23(16-18)21-9-2-5-12-26(21)32-27)19-7-6-8-20(17-19)28-30-24-10-3-4-11-25(24)31(28)14-13-29/h2-13,15-17,29H,14H2,1H3. The predicted octanol–water partition coefficient (Wildman–Crippen LogP) is 7.23. The second-order valence-corrected chi connectivity index (χ2v) is 8.11. The maximum absolute atomic E-state index is 7.67. The van der Waals surface area contributed by atoms with Crippen molar-refractivity contribution in [2.24, 2.45) is 0 Å². The zero-order valence-electron chi connectivity index (χ0n) is 17.7. The van der Waals surface area contributed by atoms with E-state index in [9.17, 15) is 0 Å². The third-order valence-electron chi connectivity index (χ3n) is 5.98. The SMILES string of the molecule is Cc1cc(-c2cccc(-c3nc4ccccc4n3CC=N)c2)c2oc3ccccc3c2c1. The summed E-state index contributed by atoms with van der Waals surface area (Å²) in [4.78, 5) is 4.89. The lowest BCUT2D eigenvalue weighted by Crippen LogP contribution is -2.01. The smallest absolute Gasteiger partial charge is 0.143 e. The number of fused-ring (bicyclic) bond motifs is 4. The van der Waals surface area contributed by atoms with Crippen molar-refractivity contribution in [3.8, 4) is 22.5 Å². The van der Waals surface area contributed by atoms with Gasteiger partial charge in [-0.2, -0.15) is 0 Å². The first-order valence-electron chi connectivity index (χ1n) is 10.7. The normalized spacial score (nSPS) is 11.5. The van der Waals surface area contributed by atoms with Crippen molar-refractivity contribution < 1.29 is 4.42 Å². The molecule has 0 unspecified atom stereocenters. The van der Waals surface area contributed by atoms with Crippen LogP contribution < -0.4 is 0 Å². The summed E-state index contributed by atoms with van der Waals surface area (Å²) in [5, 5.41) is 9.94. The minimum absolute atomic E-state index is 0.484. The molecule has 0 amide bonds. The number of hydrogen-bond donors (Lipinski definition) is 1. The molecule has 0 atom stereocenters. The van der Waals surface area contributed by atoms with Gasteiger partial charge in [0, 0.05) is 28.1 Å². The van der Waals surface area contributed by atoms with Gasteiger partial charge in [-0.3, -0.25) is 0 Å². The quantitative estimate of drug-likeness (QED) is 0.309. The molecular formula is C28H21N3O. The number of para-hydroxylation sites is 3. The van der Waals surface area contributed by atoms with Gasteiger partial charge in [-0.05, 0) is 54.4 Å². The van der Waals surface area contributed by atoms with E-state index in [0.29, 0.717) is 6.54 Å². The zero-order valence-corrected chi connectivity index (χ0v) is 17.7. The molecule has 0 bridgehead atoms. The molecule has 0 saturated carbocycles. The Balaban J connectivity index is 1.58. The Kier molecular flexibility index (Phi) is 4.18. The van der Waals surface area contributed by atoms with E-state index >= 15 is 0 Å². The molecule has 4 aromatic carbocycles. The summed E-state index contributed by atoms with van der Waals surface area (Å²) in [6.07, 6.45) is 1.42. The first-order chi connectivity index (χ1) is 15.7. The number of hydrogen-bond acceptors (Lipinski definition) is 3. The molecule has 2 heterocycles. The topological polar surface area (TPSA) is 54.8 Å². The minimum Gasteiger partial charge on any atom is -0.455 e. The summed E-state index contributed by atoms with van der Waals surface area (Å²) in [6.45, 7) is 2.61. The van der Waals surface area contributed by atoms with Gasteiger partial charge in [0.25, 0.3) is 0 Å². The van der Waals surface area contributed by atoms with E-state index in [2.05, 4.69) is 60.0 Å². The molecule has 0 radical (unpaired) electrons. The van der Waals surface area contributed by atoms with E-state index in [-0.39, 0.29) is 0 Å². The van der Waals surface area contributed by atoms with Gasteiger partial charge in [0.15, 0.2) is 0 Å². The van der Waals surface area contributed by atoms with Crippen LogP contribution in [0.2, 0.25) is 0 Å². The molecule has 0 aliphatic rings.